The number of hydrogen-bond donors (Lipinski definition) is 2. The molecule has 1 aromatic heterocycles. The van der Waals surface area contributed by atoms with E-state index >= 15 is 0 Å². The third-order valence-electron chi connectivity index (χ3n) is 4.41. The quantitative estimate of drug-likeness (QED) is 0.702. The van der Waals surface area contributed by atoms with Crippen molar-refractivity contribution in [3.8, 4) is 0 Å². The van der Waals surface area contributed by atoms with Crippen molar-refractivity contribution in [1.82, 2.24) is 10.2 Å². The molecule has 7 nitrogen and oxygen atoms in total. The van der Waals surface area contributed by atoms with Crippen LogP contribution in [0.15, 0.2) is 41.0 Å². The van der Waals surface area contributed by atoms with E-state index < -0.39 is 0 Å². The Labute approximate surface area is 179 Å². The summed E-state index contributed by atoms with van der Waals surface area (Å²) in [7, 11) is 3.91. The Kier molecular flexibility index (Phi) is 7.54. The number of nitrogens with zero attached hydrogens (tertiary/aromatic N) is 2. The molecule has 0 bridgehead atoms. The van der Waals surface area contributed by atoms with Crippen LogP contribution in [0.1, 0.15) is 45.9 Å². The molecule has 0 saturated heterocycles. The normalized spacial score (nSPS) is 11.3. The molecule has 3 amide bonds. The monoisotopic (exact) mass is 414 g/mol. The molecule has 0 spiro atoms. The van der Waals surface area contributed by atoms with E-state index in [1.807, 2.05) is 83.9 Å². The summed E-state index contributed by atoms with van der Waals surface area (Å²) in [6.07, 6.45) is 1.60. The van der Waals surface area contributed by atoms with Gasteiger partial charge in [-0.2, -0.15) is 0 Å². The lowest BCUT2D eigenvalue weighted by Gasteiger charge is -2.29. The average molecular weight is 415 g/mol. The van der Waals surface area contributed by atoms with Gasteiger partial charge in [-0.25, -0.2) is 4.79 Å². The molecule has 0 atom stereocenters. The zero-order valence-corrected chi connectivity index (χ0v) is 19.1. The van der Waals surface area contributed by atoms with E-state index in [0.717, 1.165) is 11.3 Å². The first-order valence-electron chi connectivity index (χ1n) is 10.2. The van der Waals surface area contributed by atoms with E-state index in [4.69, 9.17) is 4.42 Å². The number of amides is 3. The van der Waals surface area contributed by atoms with Crippen molar-refractivity contribution in [2.45, 2.75) is 53.2 Å². The first-order chi connectivity index (χ1) is 14.0. The number of carbonyl (C=O) groups excluding carboxylic acids is 2. The van der Waals surface area contributed by atoms with Crippen LogP contribution in [-0.2, 0) is 17.9 Å². The molecule has 7 heteroatoms. The second kappa shape index (κ2) is 9.69. The van der Waals surface area contributed by atoms with Crippen LogP contribution in [0, 0.1) is 5.92 Å². The molecule has 0 aliphatic heterocycles. The molecule has 164 valence electrons. The van der Waals surface area contributed by atoms with Crippen molar-refractivity contribution in [2.75, 3.05) is 24.3 Å². The predicted molar refractivity (Wildman–Crippen MR) is 120 cm³/mol. The second-order valence-corrected chi connectivity index (χ2v) is 9.00. The van der Waals surface area contributed by atoms with Crippen molar-refractivity contribution in [3.05, 3.63) is 47.9 Å². The zero-order valence-electron chi connectivity index (χ0n) is 19.1. The van der Waals surface area contributed by atoms with Crippen molar-refractivity contribution < 1.29 is 14.0 Å². The molecule has 2 N–H and O–H groups in total. The van der Waals surface area contributed by atoms with Crippen LogP contribution in [0.25, 0.3) is 0 Å². The molecule has 2 aromatic rings. The number of rotatable bonds is 7. The number of anilines is 2. The Balaban J connectivity index is 2.35. The van der Waals surface area contributed by atoms with E-state index in [1.165, 1.54) is 0 Å². The van der Waals surface area contributed by atoms with Crippen molar-refractivity contribution in [1.29, 1.82) is 0 Å². The molecule has 0 aliphatic rings. The van der Waals surface area contributed by atoms with Gasteiger partial charge in [-0.05, 0) is 56.7 Å². The van der Waals surface area contributed by atoms with Crippen LogP contribution < -0.4 is 15.5 Å². The number of furan rings is 1. The van der Waals surface area contributed by atoms with Gasteiger partial charge in [0.25, 0.3) is 0 Å². The van der Waals surface area contributed by atoms with Gasteiger partial charge in [0, 0.05) is 36.9 Å². The van der Waals surface area contributed by atoms with Gasteiger partial charge in [-0.1, -0.05) is 13.8 Å². The summed E-state index contributed by atoms with van der Waals surface area (Å²) in [5, 5.41) is 5.96. The fourth-order valence-electron chi connectivity index (χ4n) is 2.91. The van der Waals surface area contributed by atoms with Gasteiger partial charge in [0.2, 0.25) is 5.91 Å². The maximum Gasteiger partial charge on any atom is 0.318 e. The predicted octanol–water partition coefficient (Wildman–Crippen LogP) is 4.45. The first-order valence-corrected chi connectivity index (χ1v) is 10.2. The van der Waals surface area contributed by atoms with Crippen LogP contribution in [-0.4, -0.2) is 36.5 Å². The minimum absolute atomic E-state index is 0.0449. The van der Waals surface area contributed by atoms with E-state index in [0.29, 0.717) is 24.5 Å². The highest BCUT2D eigenvalue weighted by Crippen LogP contribution is 2.26. The number of benzene rings is 1. The fraction of sp³-hybridized carbons (Fsp3) is 0.478. The van der Waals surface area contributed by atoms with Crippen LogP contribution in [0.2, 0.25) is 0 Å². The highest BCUT2D eigenvalue weighted by Gasteiger charge is 2.22. The molecule has 0 aliphatic carbocycles. The minimum Gasteiger partial charge on any atom is -0.467 e. The summed E-state index contributed by atoms with van der Waals surface area (Å²) in [5.74, 6) is 0.543. The van der Waals surface area contributed by atoms with Gasteiger partial charge in [0.15, 0.2) is 0 Å². The third-order valence-corrected chi connectivity index (χ3v) is 4.41. The zero-order chi connectivity index (χ0) is 22.5. The molecule has 30 heavy (non-hydrogen) atoms. The summed E-state index contributed by atoms with van der Waals surface area (Å²) in [4.78, 5) is 28.8. The number of urea groups is 1. The standard InChI is InChI=1S/C23H34N4O3/c1-16(2)21(28)24-18-10-11-20(26(6)7)17(13-18)14-27(15-19-9-8-12-30-19)22(29)25-23(3,4)5/h8-13,16H,14-15H2,1-7H3,(H,24,28)(H,25,29). The molecule has 0 saturated carbocycles. The molecule has 0 fully saturated rings. The minimum atomic E-state index is -0.365. The summed E-state index contributed by atoms with van der Waals surface area (Å²) in [6.45, 7) is 10.3. The highest BCUT2D eigenvalue weighted by atomic mass is 16.3. The Hall–Kier alpha value is -2.96. The van der Waals surface area contributed by atoms with Crippen molar-refractivity contribution >= 4 is 23.3 Å². The largest absolute Gasteiger partial charge is 0.467 e. The van der Waals surface area contributed by atoms with E-state index in [9.17, 15) is 9.59 Å². The smallest absolute Gasteiger partial charge is 0.318 e. The van der Waals surface area contributed by atoms with Gasteiger partial charge in [0.05, 0.1) is 19.4 Å². The van der Waals surface area contributed by atoms with Gasteiger partial charge in [-0.3, -0.25) is 4.79 Å². The average Bonchev–Trinajstić information content (AvgIpc) is 3.12. The topological polar surface area (TPSA) is 77.8 Å². The van der Waals surface area contributed by atoms with Crippen LogP contribution in [0.5, 0.6) is 0 Å². The lowest BCUT2D eigenvalue weighted by Crippen LogP contribution is -2.48. The van der Waals surface area contributed by atoms with Gasteiger partial charge in [-0.15, -0.1) is 0 Å². The second-order valence-electron chi connectivity index (χ2n) is 9.00. The summed E-state index contributed by atoms with van der Waals surface area (Å²) >= 11 is 0. The molecular formula is C23H34N4O3. The lowest BCUT2D eigenvalue weighted by molar-refractivity contribution is -0.118. The van der Waals surface area contributed by atoms with E-state index in [1.54, 1.807) is 11.2 Å². The van der Waals surface area contributed by atoms with Crippen LogP contribution >= 0.6 is 0 Å². The molecule has 0 radical (unpaired) electrons. The Morgan fingerprint density at radius 2 is 1.80 bits per heavy atom. The molecule has 1 heterocycles. The number of carbonyl (C=O) groups is 2. The van der Waals surface area contributed by atoms with Crippen LogP contribution in [0.3, 0.4) is 0 Å². The lowest BCUT2D eigenvalue weighted by atomic mass is 10.1. The Morgan fingerprint density at radius 3 is 2.33 bits per heavy atom. The third kappa shape index (κ3) is 6.83. The maximum atomic E-state index is 13.0. The maximum absolute atomic E-state index is 13.0. The van der Waals surface area contributed by atoms with Crippen molar-refractivity contribution in [3.63, 3.8) is 0 Å². The Bertz CT molecular complexity index is 852. The Morgan fingerprint density at radius 1 is 1.10 bits per heavy atom. The van der Waals surface area contributed by atoms with E-state index in [2.05, 4.69) is 10.6 Å². The number of hydrogen-bond acceptors (Lipinski definition) is 4. The van der Waals surface area contributed by atoms with Gasteiger partial charge >= 0.3 is 6.03 Å². The van der Waals surface area contributed by atoms with Gasteiger partial charge in [0.1, 0.15) is 5.76 Å². The first kappa shape index (κ1) is 23.3. The van der Waals surface area contributed by atoms with Gasteiger partial charge < -0.3 is 24.9 Å². The molecular weight excluding hydrogens is 380 g/mol. The molecule has 0 unspecified atom stereocenters. The fourth-order valence-corrected chi connectivity index (χ4v) is 2.91. The van der Waals surface area contributed by atoms with Crippen molar-refractivity contribution in [2.24, 2.45) is 5.92 Å². The highest BCUT2D eigenvalue weighted by molar-refractivity contribution is 5.92. The molecule has 2 rings (SSSR count). The SMILES string of the molecule is CC(C)C(=O)Nc1ccc(N(C)C)c(CN(Cc2ccco2)C(=O)NC(C)(C)C)c1. The summed E-state index contributed by atoms with van der Waals surface area (Å²) in [6, 6.07) is 9.24. The van der Waals surface area contributed by atoms with Crippen LogP contribution in [0.4, 0.5) is 16.2 Å². The number of nitrogens with one attached hydrogen (secondary N) is 2. The molecule has 1 aromatic carbocycles. The summed E-state index contributed by atoms with van der Waals surface area (Å²) < 4.78 is 5.47. The summed E-state index contributed by atoms with van der Waals surface area (Å²) in [5.41, 5.74) is 2.25. The van der Waals surface area contributed by atoms with E-state index in [-0.39, 0.29) is 23.4 Å².